The van der Waals surface area contributed by atoms with Crippen LogP contribution in [0.2, 0.25) is 0 Å². The van der Waals surface area contributed by atoms with Gasteiger partial charge in [-0.25, -0.2) is 0 Å². The first-order valence-electron chi connectivity index (χ1n) is 8.10. The number of nitro groups is 1. The predicted molar refractivity (Wildman–Crippen MR) is 97.3 cm³/mol. The van der Waals surface area contributed by atoms with Crippen molar-refractivity contribution in [1.82, 2.24) is 10.1 Å². The van der Waals surface area contributed by atoms with Crippen molar-refractivity contribution in [2.45, 2.75) is 24.8 Å². The van der Waals surface area contributed by atoms with Crippen LogP contribution in [0.1, 0.15) is 25.1 Å². The summed E-state index contributed by atoms with van der Waals surface area (Å²) in [6, 6.07) is 2.72. The van der Waals surface area contributed by atoms with Gasteiger partial charge in [-0.3, -0.25) is 10.1 Å². The van der Waals surface area contributed by atoms with Crippen LogP contribution in [0, 0.1) is 10.1 Å². The van der Waals surface area contributed by atoms with Crippen molar-refractivity contribution in [2.75, 3.05) is 27.4 Å². The zero-order chi connectivity index (χ0) is 18.7. The lowest BCUT2D eigenvalue weighted by Gasteiger charge is -2.34. The van der Waals surface area contributed by atoms with Crippen LogP contribution >= 0.6 is 12.4 Å². The minimum atomic E-state index is -0.621. The highest BCUT2D eigenvalue weighted by atomic mass is 35.5. The Hall–Kier alpha value is -2.43. The van der Waals surface area contributed by atoms with E-state index in [9.17, 15) is 10.1 Å². The molecule has 1 heterocycles. The third-order valence-corrected chi connectivity index (χ3v) is 4.37. The van der Waals surface area contributed by atoms with Gasteiger partial charge in [-0.15, -0.1) is 12.4 Å². The van der Waals surface area contributed by atoms with Crippen molar-refractivity contribution in [3.05, 3.63) is 28.1 Å². The maximum atomic E-state index is 11.5. The number of rotatable bonds is 8. The van der Waals surface area contributed by atoms with Gasteiger partial charge in [0.05, 0.1) is 30.2 Å². The second kappa shape index (κ2) is 8.51. The van der Waals surface area contributed by atoms with E-state index >= 15 is 0 Å². The molecule has 10 nitrogen and oxygen atoms in total. The van der Waals surface area contributed by atoms with E-state index < -0.39 is 10.5 Å². The average molecular weight is 401 g/mol. The molecule has 1 aliphatic rings. The molecule has 11 heteroatoms. The molecule has 3 rings (SSSR count). The summed E-state index contributed by atoms with van der Waals surface area (Å²) >= 11 is 0. The lowest BCUT2D eigenvalue weighted by Crippen LogP contribution is -2.44. The summed E-state index contributed by atoms with van der Waals surface area (Å²) in [5, 5.41) is 15.4. The topological polar surface area (TPSA) is 136 Å². The minimum Gasteiger partial charge on any atom is -0.493 e. The monoisotopic (exact) mass is 400 g/mol. The van der Waals surface area contributed by atoms with Gasteiger partial charge in [-0.2, -0.15) is 4.98 Å². The molecule has 148 valence electrons. The number of benzene rings is 1. The summed E-state index contributed by atoms with van der Waals surface area (Å²) in [7, 11) is 2.97. The Morgan fingerprint density at radius 2 is 2.04 bits per heavy atom. The van der Waals surface area contributed by atoms with E-state index in [1.807, 2.05) is 0 Å². The quantitative estimate of drug-likeness (QED) is 0.402. The van der Waals surface area contributed by atoms with Crippen LogP contribution in [0.5, 0.6) is 11.5 Å². The number of hydrogen-bond acceptors (Lipinski definition) is 9. The zero-order valence-corrected chi connectivity index (χ0v) is 15.8. The van der Waals surface area contributed by atoms with E-state index in [0.29, 0.717) is 18.2 Å². The molecule has 0 atom stereocenters. The molecule has 0 aliphatic heterocycles. The fraction of sp³-hybridized carbons (Fsp3) is 0.500. The summed E-state index contributed by atoms with van der Waals surface area (Å²) in [4.78, 5) is 15.3. The van der Waals surface area contributed by atoms with Gasteiger partial charge in [0.2, 0.25) is 0 Å². The molecule has 1 aromatic heterocycles. The minimum absolute atomic E-state index is 0. The second-order valence-corrected chi connectivity index (χ2v) is 6.05. The van der Waals surface area contributed by atoms with Crippen LogP contribution in [-0.2, 0) is 10.3 Å². The molecule has 27 heavy (non-hydrogen) atoms. The molecular formula is C16H21ClN4O6. The van der Waals surface area contributed by atoms with Crippen LogP contribution in [0.4, 0.5) is 5.69 Å². The van der Waals surface area contributed by atoms with Crippen LogP contribution in [0.15, 0.2) is 16.7 Å². The Kier molecular flexibility index (Phi) is 6.58. The molecule has 2 aromatic rings. The third kappa shape index (κ3) is 4.12. The Morgan fingerprint density at radius 3 is 2.59 bits per heavy atom. The largest absolute Gasteiger partial charge is 0.493 e. The smallest absolute Gasteiger partial charge is 0.286 e. The first kappa shape index (κ1) is 20.9. The molecule has 0 unspecified atom stereocenters. The molecule has 0 amide bonds. The molecule has 0 bridgehead atoms. The van der Waals surface area contributed by atoms with Crippen molar-refractivity contribution in [1.29, 1.82) is 0 Å². The first-order valence-corrected chi connectivity index (χ1v) is 8.10. The van der Waals surface area contributed by atoms with E-state index in [-0.39, 0.29) is 41.9 Å². The lowest BCUT2D eigenvalue weighted by atomic mass is 9.77. The van der Waals surface area contributed by atoms with Gasteiger partial charge in [0.15, 0.2) is 17.3 Å². The van der Waals surface area contributed by atoms with Gasteiger partial charge < -0.3 is 24.5 Å². The number of nitro benzene ring substituents is 1. The number of ether oxygens (including phenoxy) is 3. The summed E-state index contributed by atoms with van der Waals surface area (Å²) in [5.41, 5.74) is 5.48. The fourth-order valence-corrected chi connectivity index (χ4v) is 2.70. The standard InChI is InChI=1S/C16H20N4O6.ClH/c1-23-6-7-25-13-9-11(20(21)22)10(8-12(13)24-2)14-18-15(19-26-14)16(17)4-3-5-16;/h8-9H,3-7,17H2,1-2H3;1H. The third-order valence-electron chi connectivity index (χ3n) is 4.37. The van der Waals surface area contributed by atoms with Crippen LogP contribution in [0.25, 0.3) is 11.5 Å². The normalized spacial score (nSPS) is 14.8. The van der Waals surface area contributed by atoms with Gasteiger partial charge in [-0.1, -0.05) is 5.16 Å². The van der Waals surface area contributed by atoms with Gasteiger partial charge in [0, 0.05) is 13.2 Å². The molecule has 0 spiro atoms. The van der Waals surface area contributed by atoms with Crippen LogP contribution in [0.3, 0.4) is 0 Å². The summed E-state index contributed by atoms with van der Waals surface area (Å²) in [5.74, 6) is 0.916. The number of hydrogen-bond donors (Lipinski definition) is 1. The van der Waals surface area contributed by atoms with E-state index in [1.54, 1.807) is 0 Å². The predicted octanol–water partition coefficient (Wildman–Crippen LogP) is 2.44. The van der Waals surface area contributed by atoms with Gasteiger partial charge in [0.1, 0.15) is 12.2 Å². The summed E-state index contributed by atoms with van der Waals surface area (Å²) in [6.45, 7) is 0.564. The van der Waals surface area contributed by atoms with Gasteiger partial charge in [0.25, 0.3) is 11.6 Å². The summed E-state index contributed by atoms with van der Waals surface area (Å²) < 4.78 is 20.9. The highest BCUT2D eigenvalue weighted by Gasteiger charge is 2.39. The molecule has 1 fully saturated rings. The Labute approximate surface area is 161 Å². The number of nitrogens with two attached hydrogens (primary N) is 1. The molecular weight excluding hydrogens is 380 g/mol. The highest BCUT2D eigenvalue weighted by Crippen LogP contribution is 2.41. The SMILES string of the molecule is COCCOc1cc([N+](=O)[O-])c(-c2nc(C3(N)CCC3)no2)cc1OC.Cl. The highest BCUT2D eigenvalue weighted by molar-refractivity contribution is 5.85. The van der Waals surface area contributed by atoms with Gasteiger partial charge >= 0.3 is 0 Å². The van der Waals surface area contributed by atoms with Crippen molar-refractivity contribution in [3.63, 3.8) is 0 Å². The Balaban J connectivity index is 0.00000261. The van der Waals surface area contributed by atoms with E-state index in [1.165, 1.54) is 26.4 Å². The number of aromatic nitrogens is 2. The van der Waals surface area contributed by atoms with Crippen LogP contribution < -0.4 is 15.2 Å². The first-order chi connectivity index (χ1) is 12.5. The second-order valence-electron chi connectivity index (χ2n) is 6.05. The van der Waals surface area contributed by atoms with Crippen molar-refractivity contribution in [2.24, 2.45) is 5.73 Å². The van der Waals surface area contributed by atoms with Crippen molar-refractivity contribution in [3.8, 4) is 23.0 Å². The lowest BCUT2D eigenvalue weighted by molar-refractivity contribution is -0.384. The van der Waals surface area contributed by atoms with E-state index in [4.69, 9.17) is 24.5 Å². The molecule has 1 aromatic carbocycles. The Morgan fingerprint density at radius 1 is 1.30 bits per heavy atom. The molecule has 1 saturated carbocycles. The number of halogens is 1. The average Bonchev–Trinajstić information content (AvgIpc) is 3.09. The Bertz CT molecular complexity index is 808. The van der Waals surface area contributed by atoms with Gasteiger partial charge in [-0.05, 0) is 19.3 Å². The number of methoxy groups -OCH3 is 2. The summed E-state index contributed by atoms with van der Waals surface area (Å²) in [6.07, 6.45) is 2.50. The number of nitrogens with zero attached hydrogens (tertiary/aromatic N) is 3. The molecule has 2 N–H and O–H groups in total. The zero-order valence-electron chi connectivity index (χ0n) is 15.0. The molecule has 0 radical (unpaired) electrons. The molecule has 0 saturated heterocycles. The fourth-order valence-electron chi connectivity index (χ4n) is 2.70. The van der Waals surface area contributed by atoms with Crippen molar-refractivity contribution >= 4 is 18.1 Å². The van der Waals surface area contributed by atoms with Crippen LogP contribution in [-0.4, -0.2) is 42.5 Å². The van der Waals surface area contributed by atoms with E-state index in [2.05, 4.69) is 10.1 Å². The molecule has 1 aliphatic carbocycles. The van der Waals surface area contributed by atoms with Crippen molar-refractivity contribution < 1.29 is 23.7 Å². The van der Waals surface area contributed by atoms with E-state index in [0.717, 1.165) is 19.3 Å². The maximum Gasteiger partial charge on any atom is 0.286 e. The maximum absolute atomic E-state index is 11.5.